The van der Waals surface area contributed by atoms with E-state index in [4.69, 9.17) is 4.52 Å². The minimum Gasteiger partial charge on any atom is -0.339 e. The van der Waals surface area contributed by atoms with Crippen LogP contribution in [0.1, 0.15) is 66.6 Å². The van der Waals surface area contributed by atoms with Gasteiger partial charge in [0.05, 0.1) is 0 Å². The molecule has 0 radical (unpaired) electrons. The molecule has 1 aliphatic rings. The van der Waals surface area contributed by atoms with Gasteiger partial charge in [0.25, 0.3) is 5.91 Å². The molecule has 2 aromatic heterocycles. The Morgan fingerprint density at radius 1 is 1.39 bits per heavy atom. The quantitative estimate of drug-likeness (QED) is 0.864. The first-order valence-corrected chi connectivity index (χ1v) is 7.97. The summed E-state index contributed by atoms with van der Waals surface area (Å²) in [6.07, 6.45) is 3.50. The number of likely N-dealkylation sites (tertiary alicyclic amines) is 1. The van der Waals surface area contributed by atoms with Gasteiger partial charge in [0.15, 0.2) is 5.82 Å². The number of carbonyl (C=O) groups is 1. The van der Waals surface area contributed by atoms with Crippen LogP contribution < -0.4 is 0 Å². The number of rotatable bonds is 3. The summed E-state index contributed by atoms with van der Waals surface area (Å²) in [5, 5.41) is 4.09. The molecule has 1 aliphatic heterocycles. The van der Waals surface area contributed by atoms with Crippen LogP contribution >= 0.6 is 0 Å². The van der Waals surface area contributed by atoms with Crippen LogP contribution in [0.15, 0.2) is 16.8 Å². The van der Waals surface area contributed by atoms with E-state index in [1.165, 1.54) is 0 Å². The SMILES string of the molecule is Cc1nccc(C(=O)N2CCCC(c3noc(C(C)C)n3)C2)n1. The van der Waals surface area contributed by atoms with Crippen molar-refractivity contribution in [1.82, 2.24) is 25.0 Å². The van der Waals surface area contributed by atoms with E-state index < -0.39 is 0 Å². The zero-order valence-corrected chi connectivity index (χ0v) is 13.7. The van der Waals surface area contributed by atoms with Gasteiger partial charge in [-0.2, -0.15) is 4.98 Å². The van der Waals surface area contributed by atoms with Gasteiger partial charge in [-0.25, -0.2) is 9.97 Å². The Labute approximate surface area is 135 Å². The summed E-state index contributed by atoms with van der Waals surface area (Å²) in [7, 11) is 0. The Kier molecular flexibility index (Phi) is 4.36. The maximum Gasteiger partial charge on any atom is 0.272 e. The van der Waals surface area contributed by atoms with Crippen molar-refractivity contribution in [2.45, 2.75) is 45.4 Å². The van der Waals surface area contributed by atoms with Crippen molar-refractivity contribution in [2.75, 3.05) is 13.1 Å². The van der Waals surface area contributed by atoms with Gasteiger partial charge in [-0.3, -0.25) is 4.79 Å². The number of hydrogen-bond donors (Lipinski definition) is 0. The minimum atomic E-state index is -0.0622. The molecule has 1 unspecified atom stereocenters. The van der Waals surface area contributed by atoms with E-state index in [1.54, 1.807) is 19.2 Å². The van der Waals surface area contributed by atoms with Gasteiger partial charge >= 0.3 is 0 Å². The monoisotopic (exact) mass is 315 g/mol. The van der Waals surface area contributed by atoms with Gasteiger partial charge in [-0.05, 0) is 25.8 Å². The standard InChI is InChI=1S/C16H21N5O2/c1-10(2)15-19-14(20-23-15)12-5-4-8-21(9-12)16(22)13-6-7-17-11(3)18-13/h6-7,10,12H,4-5,8-9H2,1-3H3. The van der Waals surface area contributed by atoms with Crippen molar-refractivity contribution in [3.05, 3.63) is 35.5 Å². The van der Waals surface area contributed by atoms with Crippen molar-refractivity contribution in [3.8, 4) is 0 Å². The minimum absolute atomic E-state index is 0.0622. The lowest BCUT2D eigenvalue weighted by Crippen LogP contribution is -2.39. The third-order valence-corrected chi connectivity index (χ3v) is 4.02. The smallest absolute Gasteiger partial charge is 0.272 e. The van der Waals surface area contributed by atoms with Gasteiger partial charge in [0.2, 0.25) is 5.89 Å². The maximum atomic E-state index is 12.6. The largest absolute Gasteiger partial charge is 0.339 e. The van der Waals surface area contributed by atoms with Gasteiger partial charge in [-0.15, -0.1) is 0 Å². The fourth-order valence-electron chi connectivity index (χ4n) is 2.76. The first kappa shape index (κ1) is 15.6. The number of piperidine rings is 1. The van der Waals surface area contributed by atoms with Crippen LogP contribution in [0, 0.1) is 6.92 Å². The van der Waals surface area contributed by atoms with Gasteiger partial charge in [-0.1, -0.05) is 19.0 Å². The Morgan fingerprint density at radius 3 is 2.91 bits per heavy atom. The summed E-state index contributed by atoms with van der Waals surface area (Å²) < 4.78 is 5.29. The number of nitrogens with zero attached hydrogens (tertiary/aromatic N) is 5. The molecule has 0 saturated carbocycles. The molecule has 0 aromatic carbocycles. The summed E-state index contributed by atoms with van der Waals surface area (Å²) in [5.41, 5.74) is 0.439. The predicted octanol–water partition coefficient (Wildman–Crippen LogP) is 2.31. The van der Waals surface area contributed by atoms with Gasteiger partial charge in [0, 0.05) is 31.1 Å². The van der Waals surface area contributed by atoms with Crippen molar-refractivity contribution < 1.29 is 9.32 Å². The average Bonchev–Trinajstić information content (AvgIpc) is 3.04. The van der Waals surface area contributed by atoms with E-state index >= 15 is 0 Å². The van der Waals surface area contributed by atoms with Crippen LogP contribution in [0.2, 0.25) is 0 Å². The van der Waals surface area contributed by atoms with Crippen LogP contribution in [0.5, 0.6) is 0 Å². The average molecular weight is 315 g/mol. The molecule has 0 bridgehead atoms. The second kappa shape index (κ2) is 6.44. The number of carbonyl (C=O) groups excluding carboxylic acids is 1. The van der Waals surface area contributed by atoms with E-state index in [-0.39, 0.29) is 17.7 Å². The summed E-state index contributed by atoms with van der Waals surface area (Å²) in [5.74, 6) is 2.21. The van der Waals surface area contributed by atoms with Crippen LogP contribution in [0.3, 0.4) is 0 Å². The highest BCUT2D eigenvalue weighted by Crippen LogP contribution is 2.26. The first-order chi connectivity index (χ1) is 11.0. The second-order valence-electron chi connectivity index (χ2n) is 6.22. The molecular formula is C16H21N5O2. The van der Waals surface area contributed by atoms with Crippen molar-refractivity contribution in [1.29, 1.82) is 0 Å². The van der Waals surface area contributed by atoms with E-state index in [2.05, 4.69) is 20.1 Å². The number of aryl methyl sites for hydroxylation is 1. The summed E-state index contributed by atoms with van der Waals surface area (Å²) in [4.78, 5) is 27.2. The van der Waals surface area contributed by atoms with E-state index in [0.29, 0.717) is 29.8 Å². The van der Waals surface area contributed by atoms with E-state index in [0.717, 1.165) is 19.4 Å². The molecule has 7 heteroatoms. The van der Waals surface area contributed by atoms with Crippen molar-refractivity contribution in [2.24, 2.45) is 0 Å². The zero-order valence-electron chi connectivity index (χ0n) is 13.7. The lowest BCUT2D eigenvalue weighted by Gasteiger charge is -2.31. The van der Waals surface area contributed by atoms with Crippen molar-refractivity contribution in [3.63, 3.8) is 0 Å². The molecule has 0 aliphatic carbocycles. The molecule has 1 fully saturated rings. The summed E-state index contributed by atoms with van der Waals surface area (Å²) in [6.45, 7) is 7.14. The molecule has 3 heterocycles. The fraction of sp³-hybridized carbons (Fsp3) is 0.562. The van der Waals surface area contributed by atoms with Crippen LogP contribution in [-0.4, -0.2) is 44.0 Å². The van der Waals surface area contributed by atoms with E-state index in [1.807, 2.05) is 18.7 Å². The number of hydrogen-bond acceptors (Lipinski definition) is 6. The molecule has 1 amide bonds. The highest BCUT2D eigenvalue weighted by Gasteiger charge is 2.29. The van der Waals surface area contributed by atoms with Crippen LogP contribution in [0.25, 0.3) is 0 Å². The molecule has 7 nitrogen and oxygen atoms in total. The normalized spacial score (nSPS) is 18.4. The molecule has 1 saturated heterocycles. The molecule has 1 atom stereocenters. The topological polar surface area (TPSA) is 85.0 Å². The Morgan fingerprint density at radius 2 is 2.22 bits per heavy atom. The van der Waals surface area contributed by atoms with Crippen LogP contribution in [-0.2, 0) is 0 Å². The summed E-state index contributed by atoms with van der Waals surface area (Å²) >= 11 is 0. The van der Waals surface area contributed by atoms with Gasteiger partial charge in [0.1, 0.15) is 11.5 Å². The second-order valence-corrected chi connectivity index (χ2v) is 6.22. The third kappa shape index (κ3) is 3.38. The number of amides is 1. The predicted molar refractivity (Wildman–Crippen MR) is 83.0 cm³/mol. The molecule has 0 N–H and O–H groups in total. The lowest BCUT2D eigenvalue weighted by atomic mass is 9.97. The Balaban J connectivity index is 1.73. The van der Waals surface area contributed by atoms with Crippen LogP contribution in [0.4, 0.5) is 0 Å². The molecular weight excluding hydrogens is 294 g/mol. The third-order valence-electron chi connectivity index (χ3n) is 4.02. The Hall–Kier alpha value is -2.31. The lowest BCUT2D eigenvalue weighted by molar-refractivity contribution is 0.0697. The fourth-order valence-corrected chi connectivity index (χ4v) is 2.76. The first-order valence-electron chi connectivity index (χ1n) is 7.97. The molecule has 122 valence electrons. The molecule has 23 heavy (non-hydrogen) atoms. The zero-order chi connectivity index (χ0) is 16.4. The summed E-state index contributed by atoms with van der Waals surface area (Å²) in [6, 6.07) is 1.66. The molecule has 3 rings (SSSR count). The van der Waals surface area contributed by atoms with Crippen molar-refractivity contribution >= 4 is 5.91 Å². The highest BCUT2D eigenvalue weighted by molar-refractivity contribution is 5.92. The Bertz CT molecular complexity index is 697. The molecule has 0 spiro atoms. The van der Waals surface area contributed by atoms with E-state index in [9.17, 15) is 4.79 Å². The maximum absolute atomic E-state index is 12.6. The van der Waals surface area contributed by atoms with Gasteiger partial charge < -0.3 is 9.42 Å². The number of aromatic nitrogens is 4. The molecule has 2 aromatic rings. The highest BCUT2D eigenvalue weighted by atomic mass is 16.5.